The lowest BCUT2D eigenvalue weighted by Crippen LogP contribution is -2.39. The Kier molecular flexibility index (Phi) is 4.22. The van der Waals surface area contributed by atoms with Gasteiger partial charge in [-0.05, 0) is 30.0 Å². The Bertz CT molecular complexity index is 717. The number of nitrogens with zero attached hydrogens (tertiary/aromatic N) is 1. The summed E-state index contributed by atoms with van der Waals surface area (Å²) in [5, 5.41) is 3.40. The largest absolute Gasteiger partial charge is 0.488 e. The number of para-hydroxylation sites is 1. The summed E-state index contributed by atoms with van der Waals surface area (Å²) in [6.45, 7) is 3.26. The van der Waals surface area contributed by atoms with Crippen LogP contribution in [0.3, 0.4) is 0 Å². The van der Waals surface area contributed by atoms with Gasteiger partial charge in [-0.3, -0.25) is 4.79 Å². The molecule has 124 valence electrons. The van der Waals surface area contributed by atoms with Crippen LogP contribution in [0, 0.1) is 5.92 Å². The van der Waals surface area contributed by atoms with Gasteiger partial charge >= 0.3 is 0 Å². The molecule has 1 N–H and O–H groups in total. The number of ether oxygens (including phenoxy) is 1. The van der Waals surface area contributed by atoms with Crippen LogP contribution in [0.4, 0.5) is 0 Å². The van der Waals surface area contributed by atoms with Crippen LogP contribution in [0.1, 0.15) is 22.3 Å². The van der Waals surface area contributed by atoms with E-state index in [2.05, 4.69) is 5.32 Å². The van der Waals surface area contributed by atoms with Crippen molar-refractivity contribution in [2.45, 2.75) is 19.1 Å². The molecule has 2 aromatic rings. The highest BCUT2D eigenvalue weighted by Gasteiger charge is 2.40. The molecular weight excluding hydrogens is 300 g/mol. The highest BCUT2D eigenvalue weighted by atomic mass is 16.5. The Morgan fingerprint density at radius 3 is 2.75 bits per heavy atom. The van der Waals surface area contributed by atoms with Gasteiger partial charge in [0.25, 0.3) is 5.91 Å². The lowest BCUT2D eigenvalue weighted by molar-refractivity contribution is 0.0732. The second-order valence-electron chi connectivity index (χ2n) is 6.54. The van der Waals surface area contributed by atoms with Crippen molar-refractivity contribution in [1.82, 2.24) is 10.2 Å². The van der Waals surface area contributed by atoms with Gasteiger partial charge in [-0.2, -0.15) is 0 Å². The molecule has 0 bridgehead atoms. The zero-order valence-corrected chi connectivity index (χ0v) is 13.7. The number of likely N-dealkylation sites (tertiary alicyclic amines) is 1. The van der Waals surface area contributed by atoms with Crippen molar-refractivity contribution >= 4 is 5.91 Å². The molecule has 2 aromatic carbocycles. The first-order valence-corrected chi connectivity index (χ1v) is 8.60. The van der Waals surface area contributed by atoms with Gasteiger partial charge in [-0.25, -0.2) is 0 Å². The van der Waals surface area contributed by atoms with Crippen LogP contribution in [-0.4, -0.2) is 36.5 Å². The van der Waals surface area contributed by atoms with Gasteiger partial charge in [0.05, 0.1) is 5.56 Å². The highest BCUT2D eigenvalue weighted by Crippen LogP contribution is 2.30. The molecule has 2 aliphatic heterocycles. The number of hydrogen-bond donors (Lipinski definition) is 1. The molecule has 2 atom stereocenters. The minimum Gasteiger partial charge on any atom is -0.488 e. The number of benzene rings is 2. The second kappa shape index (κ2) is 6.65. The Morgan fingerprint density at radius 2 is 1.88 bits per heavy atom. The molecule has 0 aliphatic carbocycles. The molecule has 4 nitrogen and oxygen atoms in total. The van der Waals surface area contributed by atoms with Crippen molar-refractivity contribution < 1.29 is 9.53 Å². The Balaban J connectivity index is 1.52. The van der Waals surface area contributed by atoms with Crippen molar-refractivity contribution in [3.05, 3.63) is 65.7 Å². The average Bonchev–Trinajstić information content (AvgIpc) is 3.24. The van der Waals surface area contributed by atoms with E-state index in [1.54, 1.807) is 0 Å². The Morgan fingerprint density at radius 1 is 1.08 bits per heavy atom. The maximum absolute atomic E-state index is 13.0. The molecule has 2 fully saturated rings. The minimum atomic E-state index is 0.0925. The van der Waals surface area contributed by atoms with E-state index in [0.29, 0.717) is 29.9 Å². The molecule has 4 heteroatoms. The van der Waals surface area contributed by atoms with Gasteiger partial charge in [0.1, 0.15) is 12.4 Å². The van der Waals surface area contributed by atoms with E-state index in [-0.39, 0.29) is 5.91 Å². The van der Waals surface area contributed by atoms with Gasteiger partial charge in [0.2, 0.25) is 0 Å². The molecule has 2 unspecified atom stereocenters. The van der Waals surface area contributed by atoms with Crippen molar-refractivity contribution in [3.63, 3.8) is 0 Å². The monoisotopic (exact) mass is 322 g/mol. The van der Waals surface area contributed by atoms with Crippen molar-refractivity contribution in [2.75, 3.05) is 19.6 Å². The maximum atomic E-state index is 13.0. The number of nitrogens with one attached hydrogen (secondary N) is 1. The summed E-state index contributed by atoms with van der Waals surface area (Å²) >= 11 is 0. The molecular formula is C20H22N2O2. The summed E-state index contributed by atoms with van der Waals surface area (Å²) in [6, 6.07) is 17.9. The third-order valence-electron chi connectivity index (χ3n) is 5.06. The average molecular weight is 322 g/mol. The Labute approximate surface area is 142 Å². The van der Waals surface area contributed by atoms with Crippen molar-refractivity contribution in [3.8, 4) is 5.75 Å². The van der Waals surface area contributed by atoms with E-state index in [1.807, 2.05) is 59.5 Å². The maximum Gasteiger partial charge on any atom is 0.257 e. The third kappa shape index (κ3) is 2.89. The van der Waals surface area contributed by atoms with Crippen LogP contribution in [-0.2, 0) is 6.61 Å². The van der Waals surface area contributed by atoms with Gasteiger partial charge in [0, 0.05) is 25.7 Å². The van der Waals surface area contributed by atoms with E-state index in [0.717, 1.165) is 31.6 Å². The van der Waals surface area contributed by atoms with E-state index in [9.17, 15) is 4.79 Å². The fourth-order valence-electron chi connectivity index (χ4n) is 3.76. The van der Waals surface area contributed by atoms with E-state index in [4.69, 9.17) is 4.74 Å². The van der Waals surface area contributed by atoms with Gasteiger partial charge in [-0.15, -0.1) is 0 Å². The summed E-state index contributed by atoms with van der Waals surface area (Å²) in [5.41, 5.74) is 1.77. The third-order valence-corrected chi connectivity index (χ3v) is 5.06. The number of amides is 1. The molecule has 0 aromatic heterocycles. The first-order valence-electron chi connectivity index (χ1n) is 8.60. The summed E-state index contributed by atoms with van der Waals surface area (Å²) in [4.78, 5) is 15.1. The molecule has 24 heavy (non-hydrogen) atoms. The fraction of sp³-hybridized carbons (Fsp3) is 0.350. The van der Waals surface area contributed by atoms with Crippen LogP contribution in [0.5, 0.6) is 5.75 Å². The summed E-state index contributed by atoms with van der Waals surface area (Å²) in [5.74, 6) is 1.36. The summed E-state index contributed by atoms with van der Waals surface area (Å²) < 4.78 is 5.95. The normalized spacial score (nSPS) is 22.4. The van der Waals surface area contributed by atoms with Crippen molar-refractivity contribution in [2.24, 2.45) is 5.92 Å². The van der Waals surface area contributed by atoms with Crippen LogP contribution in [0.25, 0.3) is 0 Å². The first-order chi connectivity index (χ1) is 11.8. The smallest absolute Gasteiger partial charge is 0.257 e. The van der Waals surface area contributed by atoms with Crippen LogP contribution in [0.15, 0.2) is 54.6 Å². The fourth-order valence-corrected chi connectivity index (χ4v) is 3.76. The zero-order chi connectivity index (χ0) is 16.4. The van der Waals surface area contributed by atoms with Gasteiger partial charge in [0.15, 0.2) is 0 Å². The topological polar surface area (TPSA) is 41.6 Å². The number of carbonyl (C=O) groups excluding carboxylic acids is 1. The molecule has 2 aliphatic rings. The molecule has 0 radical (unpaired) electrons. The molecule has 2 saturated heterocycles. The second-order valence-corrected chi connectivity index (χ2v) is 6.54. The van der Waals surface area contributed by atoms with E-state index in [1.165, 1.54) is 0 Å². The van der Waals surface area contributed by atoms with Gasteiger partial charge in [-0.1, -0.05) is 42.5 Å². The van der Waals surface area contributed by atoms with Crippen LogP contribution < -0.4 is 10.1 Å². The Hall–Kier alpha value is -2.33. The predicted molar refractivity (Wildman–Crippen MR) is 93.0 cm³/mol. The van der Waals surface area contributed by atoms with Crippen molar-refractivity contribution in [1.29, 1.82) is 0 Å². The van der Waals surface area contributed by atoms with E-state index >= 15 is 0 Å². The number of hydrogen-bond acceptors (Lipinski definition) is 3. The summed E-state index contributed by atoms with van der Waals surface area (Å²) in [6.07, 6.45) is 1.09. The minimum absolute atomic E-state index is 0.0925. The highest BCUT2D eigenvalue weighted by molar-refractivity contribution is 5.97. The number of fused-ring (bicyclic) bond motifs is 1. The molecule has 4 rings (SSSR count). The summed E-state index contributed by atoms with van der Waals surface area (Å²) in [7, 11) is 0. The number of rotatable bonds is 4. The molecule has 2 heterocycles. The molecule has 0 saturated carbocycles. The SMILES string of the molecule is O=C(c1ccccc1OCc1ccccc1)N1CCC2CNCC21. The zero-order valence-electron chi connectivity index (χ0n) is 13.7. The van der Waals surface area contributed by atoms with Crippen LogP contribution in [0.2, 0.25) is 0 Å². The van der Waals surface area contributed by atoms with Gasteiger partial charge < -0.3 is 15.0 Å². The first kappa shape index (κ1) is 15.2. The molecule has 1 amide bonds. The quantitative estimate of drug-likeness (QED) is 0.941. The van der Waals surface area contributed by atoms with Crippen LogP contribution >= 0.6 is 0 Å². The van der Waals surface area contributed by atoms with E-state index < -0.39 is 0 Å². The lowest BCUT2D eigenvalue weighted by Gasteiger charge is -2.24. The lowest BCUT2D eigenvalue weighted by atomic mass is 10.0. The standard InChI is InChI=1S/C20H22N2O2/c23-20(22-11-10-16-12-21-13-18(16)22)17-8-4-5-9-19(17)24-14-15-6-2-1-3-7-15/h1-9,16,18,21H,10-14H2. The number of carbonyl (C=O) groups is 1. The predicted octanol–water partition coefficient (Wildman–Crippen LogP) is 2.70. The molecule has 0 spiro atoms.